The van der Waals surface area contributed by atoms with Crippen LogP contribution in [0, 0.1) is 5.92 Å². The Hall–Kier alpha value is -3.91. The van der Waals surface area contributed by atoms with Gasteiger partial charge in [0, 0.05) is 13.0 Å². The number of hydrogen-bond donors (Lipinski definition) is 9. The fraction of sp³-hybridized carbons (Fsp3) is 0.593. The van der Waals surface area contributed by atoms with Crippen LogP contribution in [0.1, 0.15) is 57.9 Å². The number of unbranched alkanes of at least 4 members (excludes halogenated alkanes) is 1. The molecule has 230 valence electrons. The van der Waals surface area contributed by atoms with Crippen molar-refractivity contribution in [2.45, 2.75) is 83.0 Å². The van der Waals surface area contributed by atoms with E-state index in [4.69, 9.17) is 22.9 Å². The maximum atomic E-state index is 13.4. The Morgan fingerprint density at radius 2 is 1.41 bits per heavy atom. The van der Waals surface area contributed by atoms with E-state index in [9.17, 15) is 29.4 Å². The van der Waals surface area contributed by atoms with E-state index >= 15 is 0 Å². The molecule has 1 aromatic carbocycles. The van der Waals surface area contributed by atoms with Gasteiger partial charge in [0.1, 0.15) is 23.9 Å². The van der Waals surface area contributed by atoms with E-state index in [1.165, 1.54) is 12.1 Å². The second-order valence-electron chi connectivity index (χ2n) is 10.4. The van der Waals surface area contributed by atoms with Crippen LogP contribution in [0.15, 0.2) is 29.3 Å². The van der Waals surface area contributed by atoms with Gasteiger partial charge in [-0.05, 0) is 68.7 Å². The van der Waals surface area contributed by atoms with Crippen LogP contribution in [0.3, 0.4) is 0 Å². The molecule has 1 aromatic rings. The van der Waals surface area contributed by atoms with Crippen molar-refractivity contribution < 1.29 is 29.4 Å². The summed E-state index contributed by atoms with van der Waals surface area (Å²) in [6.45, 7) is 4.43. The summed E-state index contributed by atoms with van der Waals surface area (Å²) in [6, 6.07) is 1.74. The largest absolute Gasteiger partial charge is 0.508 e. The molecule has 4 unspecified atom stereocenters. The fourth-order valence-corrected chi connectivity index (χ4v) is 4.04. The highest BCUT2D eigenvalue weighted by Crippen LogP contribution is 2.13. The van der Waals surface area contributed by atoms with E-state index in [1.807, 2.05) is 13.8 Å². The van der Waals surface area contributed by atoms with Gasteiger partial charge in [-0.25, -0.2) is 4.79 Å². The van der Waals surface area contributed by atoms with Crippen LogP contribution >= 0.6 is 0 Å². The Morgan fingerprint density at radius 3 is 1.98 bits per heavy atom. The lowest BCUT2D eigenvalue weighted by molar-refractivity contribution is -0.142. The number of carbonyl (C=O) groups excluding carboxylic acids is 3. The molecule has 0 spiro atoms. The summed E-state index contributed by atoms with van der Waals surface area (Å²) in [7, 11) is 0. The molecule has 0 aromatic heterocycles. The maximum absolute atomic E-state index is 13.4. The van der Waals surface area contributed by atoms with Crippen LogP contribution < -0.4 is 38.9 Å². The first-order valence-electron chi connectivity index (χ1n) is 13.8. The molecule has 14 heteroatoms. The smallest absolute Gasteiger partial charge is 0.326 e. The van der Waals surface area contributed by atoms with E-state index in [1.54, 1.807) is 12.1 Å². The third kappa shape index (κ3) is 14.3. The Balaban J connectivity index is 3.18. The van der Waals surface area contributed by atoms with Gasteiger partial charge in [-0.15, -0.1) is 0 Å². The van der Waals surface area contributed by atoms with E-state index in [0.717, 1.165) is 0 Å². The van der Waals surface area contributed by atoms with E-state index in [2.05, 4.69) is 20.9 Å². The number of aliphatic carboxylic acids is 1. The molecule has 0 saturated heterocycles. The number of nitrogens with zero attached hydrogens (tertiary/aromatic N) is 1. The number of amides is 3. The summed E-state index contributed by atoms with van der Waals surface area (Å²) in [5.74, 6) is -3.05. The van der Waals surface area contributed by atoms with Crippen molar-refractivity contribution in [3.05, 3.63) is 29.8 Å². The van der Waals surface area contributed by atoms with E-state index < -0.39 is 47.9 Å². The van der Waals surface area contributed by atoms with Crippen LogP contribution in [0.2, 0.25) is 0 Å². The number of rotatable bonds is 19. The monoisotopic (exact) mass is 578 g/mol. The lowest BCUT2D eigenvalue weighted by Gasteiger charge is -2.25. The minimum atomic E-state index is -1.21. The molecule has 0 aliphatic heterocycles. The lowest BCUT2D eigenvalue weighted by atomic mass is 10.0. The number of carboxylic acids is 1. The quantitative estimate of drug-likeness (QED) is 0.0551. The molecule has 0 bridgehead atoms. The molecule has 0 radical (unpaired) electrons. The molecule has 41 heavy (non-hydrogen) atoms. The summed E-state index contributed by atoms with van der Waals surface area (Å²) < 4.78 is 0. The third-order valence-corrected chi connectivity index (χ3v) is 6.21. The number of hydrogen-bond acceptors (Lipinski definition) is 8. The number of nitrogens with two attached hydrogens (primary N) is 4. The molecular formula is C27H46N8O6. The van der Waals surface area contributed by atoms with Crippen LogP contribution in [0.25, 0.3) is 0 Å². The van der Waals surface area contributed by atoms with Crippen LogP contribution in [0.5, 0.6) is 5.75 Å². The van der Waals surface area contributed by atoms with Crippen molar-refractivity contribution in [3.8, 4) is 5.75 Å². The second-order valence-corrected chi connectivity index (χ2v) is 10.4. The molecule has 4 atom stereocenters. The Kier molecular flexibility index (Phi) is 15.8. The zero-order valence-corrected chi connectivity index (χ0v) is 23.8. The number of carboxylic acid groups (broad SMARTS) is 1. The van der Waals surface area contributed by atoms with Crippen molar-refractivity contribution in [1.29, 1.82) is 0 Å². The standard InChI is InChI=1S/C27H46N8O6/c1-16(2)14-19(29)23(37)33-20(7-5-13-32-27(30)31)24(38)35-22(15-17-8-10-18(36)11-9-17)25(39)34-21(26(40)41)6-3-4-12-28/h8-11,16,19-22,36H,3-7,12-15,28-29H2,1-2H3,(H,33,37)(H,34,39)(H,35,38)(H,40,41)(H4,30,31,32). The summed E-state index contributed by atoms with van der Waals surface area (Å²) in [6.07, 6.45) is 2.13. The normalized spacial score (nSPS) is 13.9. The zero-order valence-electron chi connectivity index (χ0n) is 23.8. The molecule has 0 aliphatic rings. The summed E-state index contributed by atoms with van der Waals surface area (Å²) in [4.78, 5) is 55.2. The van der Waals surface area contributed by atoms with Crippen LogP contribution in [-0.2, 0) is 25.6 Å². The molecule has 0 fully saturated rings. The highest BCUT2D eigenvalue weighted by Gasteiger charge is 2.30. The number of aromatic hydroxyl groups is 1. The van der Waals surface area contributed by atoms with E-state index in [0.29, 0.717) is 37.8 Å². The number of phenols is 1. The number of nitrogens with one attached hydrogen (secondary N) is 3. The number of phenolic OH excluding ortho intramolecular Hbond substituents is 1. The number of benzene rings is 1. The first kappa shape index (κ1) is 35.1. The Bertz CT molecular complexity index is 1010. The highest BCUT2D eigenvalue weighted by molar-refractivity contribution is 5.94. The van der Waals surface area contributed by atoms with Gasteiger partial charge in [0.25, 0.3) is 0 Å². The fourth-order valence-electron chi connectivity index (χ4n) is 4.04. The zero-order chi connectivity index (χ0) is 30.9. The number of carbonyl (C=O) groups is 4. The highest BCUT2D eigenvalue weighted by atomic mass is 16.4. The minimum Gasteiger partial charge on any atom is -0.508 e. The minimum absolute atomic E-state index is 0.00543. The molecule has 3 amide bonds. The van der Waals surface area contributed by atoms with Crippen molar-refractivity contribution in [1.82, 2.24) is 16.0 Å². The summed E-state index contributed by atoms with van der Waals surface area (Å²) in [5, 5.41) is 27.1. The van der Waals surface area contributed by atoms with Crippen molar-refractivity contribution >= 4 is 29.7 Å². The van der Waals surface area contributed by atoms with Crippen LogP contribution in [-0.4, -0.2) is 77.1 Å². The molecule has 14 nitrogen and oxygen atoms in total. The maximum Gasteiger partial charge on any atom is 0.326 e. The van der Waals surface area contributed by atoms with Crippen molar-refractivity contribution in [3.63, 3.8) is 0 Å². The van der Waals surface area contributed by atoms with Gasteiger partial charge in [-0.2, -0.15) is 0 Å². The van der Waals surface area contributed by atoms with Gasteiger partial charge in [0.15, 0.2) is 5.96 Å². The number of guanidine groups is 1. The lowest BCUT2D eigenvalue weighted by Crippen LogP contribution is -2.57. The summed E-state index contributed by atoms with van der Waals surface area (Å²) >= 11 is 0. The molecule has 0 aliphatic carbocycles. The van der Waals surface area contributed by atoms with E-state index in [-0.39, 0.29) is 43.4 Å². The first-order chi connectivity index (χ1) is 19.3. The van der Waals surface area contributed by atoms with Crippen molar-refractivity contribution in [2.75, 3.05) is 13.1 Å². The summed E-state index contributed by atoms with van der Waals surface area (Å²) in [5.41, 5.74) is 22.9. The predicted octanol–water partition coefficient (Wildman–Crippen LogP) is -0.970. The van der Waals surface area contributed by atoms with Gasteiger partial charge < -0.3 is 49.1 Å². The topological polar surface area (TPSA) is 261 Å². The second kappa shape index (κ2) is 18.4. The van der Waals surface area contributed by atoms with Crippen molar-refractivity contribution in [2.24, 2.45) is 33.8 Å². The molecule has 0 heterocycles. The molecule has 13 N–H and O–H groups in total. The first-order valence-corrected chi connectivity index (χ1v) is 13.8. The molecule has 0 saturated carbocycles. The van der Waals surface area contributed by atoms with Gasteiger partial charge >= 0.3 is 5.97 Å². The average molecular weight is 579 g/mol. The average Bonchev–Trinajstić information content (AvgIpc) is 2.89. The third-order valence-electron chi connectivity index (χ3n) is 6.21. The molecular weight excluding hydrogens is 532 g/mol. The van der Waals surface area contributed by atoms with Crippen LogP contribution in [0.4, 0.5) is 0 Å². The van der Waals surface area contributed by atoms with Gasteiger partial charge in [0.2, 0.25) is 17.7 Å². The van der Waals surface area contributed by atoms with Gasteiger partial charge in [-0.1, -0.05) is 26.0 Å². The predicted molar refractivity (Wildman–Crippen MR) is 155 cm³/mol. The van der Waals surface area contributed by atoms with Gasteiger partial charge in [0.05, 0.1) is 6.04 Å². The number of aliphatic imine (C=N–C) groups is 1. The molecule has 1 rings (SSSR count). The Morgan fingerprint density at radius 1 is 0.854 bits per heavy atom. The van der Waals surface area contributed by atoms with Gasteiger partial charge in [-0.3, -0.25) is 19.4 Å². The SMILES string of the molecule is CC(C)CC(N)C(=O)NC(CCCN=C(N)N)C(=O)NC(Cc1ccc(O)cc1)C(=O)NC(CCCCN)C(=O)O. The Labute approximate surface area is 240 Å².